The van der Waals surface area contributed by atoms with Crippen LogP contribution in [0.4, 0.5) is 5.95 Å². The van der Waals surface area contributed by atoms with Gasteiger partial charge >= 0.3 is 0 Å². The lowest BCUT2D eigenvalue weighted by Crippen LogP contribution is -2.61. The summed E-state index contributed by atoms with van der Waals surface area (Å²) in [6.07, 6.45) is 12.6. The highest BCUT2D eigenvalue weighted by molar-refractivity contribution is 5.95. The van der Waals surface area contributed by atoms with Crippen LogP contribution in [0.1, 0.15) is 86.2 Å². The second-order valence-corrected chi connectivity index (χ2v) is 10.2. The van der Waals surface area contributed by atoms with E-state index in [2.05, 4.69) is 15.6 Å². The number of rotatable bonds is 5. The first-order valence-electron chi connectivity index (χ1n) is 11.2. The molecule has 2 unspecified atom stereocenters. The largest absolute Gasteiger partial charge is 0.390 e. The second-order valence-electron chi connectivity index (χ2n) is 10.2. The third kappa shape index (κ3) is 2.92. The highest BCUT2D eigenvalue weighted by Gasteiger charge is 2.55. The van der Waals surface area contributed by atoms with E-state index in [1.165, 1.54) is 19.3 Å². The van der Waals surface area contributed by atoms with Crippen molar-refractivity contribution < 1.29 is 9.90 Å². The van der Waals surface area contributed by atoms with E-state index in [0.29, 0.717) is 41.2 Å². The molecule has 0 spiro atoms. The van der Waals surface area contributed by atoms with Gasteiger partial charge in [0.1, 0.15) is 0 Å². The second kappa shape index (κ2) is 6.15. The molecule has 6 heteroatoms. The molecule has 6 saturated carbocycles. The van der Waals surface area contributed by atoms with Crippen molar-refractivity contribution >= 4 is 11.9 Å². The SMILES string of the molecule is O=C(N[C@H]1C2CC3CC1C[C@@](O)(C3)C2)c1cnc(NC2CCC2)nc1C1CC1. The minimum Gasteiger partial charge on any atom is -0.390 e. The van der Waals surface area contributed by atoms with Gasteiger partial charge in [-0.15, -0.1) is 0 Å². The summed E-state index contributed by atoms with van der Waals surface area (Å²) in [5, 5.41) is 17.5. The molecule has 2 atom stereocenters. The average molecular weight is 383 g/mol. The predicted molar refractivity (Wildman–Crippen MR) is 105 cm³/mol. The number of nitrogens with zero attached hydrogens (tertiary/aromatic N) is 2. The fourth-order valence-electron chi connectivity index (χ4n) is 6.49. The number of aromatic nitrogens is 2. The van der Waals surface area contributed by atoms with Gasteiger partial charge in [-0.3, -0.25) is 4.79 Å². The molecule has 0 saturated heterocycles. The third-order valence-electron chi connectivity index (χ3n) is 8.00. The van der Waals surface area contributed by atoms with Crippen LogP contribution in [0.2, 0.25) is 0 Å². The van der Waals surface area contributed by atoms with E-state index in [1.54, 1.807) is 6.20 Å². The first kappa shape index (κ1) is 17.2. The Morgan fingerprint density at radius 1 is 1.11 bits per heavy atom. The Balaban J connectivity index is 1.21. The maximum absolute atomic E-state index is 13.2. The summed E-state index contributed by atoms with van der Waals surface area (Å²) in [6.45, 7) is 0. The van der Waals surface area contributed by atoms with Crippen molar-refractivity contribution in [2.75, 3.05) is 5.32 Å². The van der Waals surface area contributed by atoms with Gasteiger partial charge in [-0.1, -0.05) is 0 Å². The zero-order chi connectivity index (χ0) is 18.9. The Kier molecular flexibility index (Phi) is 3.78. The fourth-order valence-corrected chi connectivity index (χ4v) is 6.49. The highest BCUT2D eigenvalue weighted by Crippen LogP contribution is 2.55. The fraction of sp³-hybridized carbons (Fsp3) is 0.773. The molecular weight excluding hydrogens is 352 g/mol. The van der Waals surface area contributed by atoms with E-state index in [0.717, 1.165) is 50.6 Å². The van der Waals surface area contributed by atoms with Gasteiger partial charge in [0.05, 0.1) is 16.9 Å². The lowest BCUT2D eigenvalue weighted by Gasteiger charge is -2.58. The van der Waals surface area contributed by atoms with Crippen molar-refractivity contribution in [3.63, 3.8) is 0 Å². The zero-order valence-corrected chi connectivity index (χ0v) is 16.4. The van der Waals surface area contributed by atoms with E-state index in [-0.39, 0.29) is 11.9 Å². The molecule has 1 amide bonds. The maximum atomic E-state index is 13.2. The Morgan fingerprint density at radius 3 is 2.46 bits per heavy atom. The average Bonchev–Trinajstić information content (AvgIpc) is 3.44. The summed E-state index contributed by atoms with van der Waals surface area (Å²) in [5.41, 5.74) is 1.13. The van der Waals surface area contributed by atoms with Gasteiger partial charge in [0.2, 0.25) is 5.95 Å². The van der Waals surface area contributed by atoms with E-state index in [9.17, 15) is 9.90 Å². The van der Waals surface area contributed by atoms with Gasteiger partial charge in [0.25, 0.3) is 5.91 Å². The van der Waals surface area contributed by atoms with E-state index < -0.39 is 5.60 Å². The Morgan fingerprint density at radius 2 is 1.86 bits per heavy atom. The van der Waals surface area contributed by atoms with Crippen molar-refractivity contribution in [3.05, 3.63) is 17.5 Å². The molecule has 0 aliphatic heterocycles. The molecule has 0 aromatic carbocycles. The quantitative estimate of drug-likeness (QED) is 0.729. The molecule has 4 bridgehead atoms. The maximum Gasteiger partial charge on any atom is 0.254 e. The molecule has 3 N–H and O–H groups in total. The number of hydrogen-bond donors (Lipinski definition) is 3. The summed E-state index contributed by atoms with van der Waals surface area (Å²) >= 11 is 0. The first-order chi connectivity index (χ1) is 13.6. The summed E-state index contributed by atoms with van der Waals surface area (Å²) < 4.78 is 0. The molecular formula is C22H30N4O2. The van der Waals surface area contributed by atoms with Crippen LogP contribution in [0.15, 0.2) is 6.20 Å². The molecule has 0 radical (unpaired) electrons. The monoisotopic (exact) mass is 382 g/mol. The molecule has 1 aromatic rings. The van der Waals surface area contributed by atoms with Crippen LogP contribution in [-0.4, -0.2) is 38.7 Å². The Bertz CT molecular complexity index is 788. The summed E-state index contributed by atoms with van der Waals surface area (Å²) in [6, 6.07) is 0.690. The van der Waals surface area contributed by atoms with Crippen LogP contribution in [0.25, 0.3) is 0 Å². The van der Waals surface area contributed by atoms with Crippen molar-refractivity contribution in [1.29, 1.82) is 0 Å². The predicted octanol–water partition coefficient (Wildman–Crippen LogP) is 2.99. The van der Waals surface area contributed by atoms with Crippen LogP contribution in [0.3, 0.4) is 0 Å². The van der Waals surface area contributed by atoms with Gasteiger partial charge in [0, 0.05) is 24.2 Å². The minimum atomic E-state index is -0.463. The van der Waals surface area contributed by atoms with Crippen molar-refractivity contribution in [3.8, 4) is 0 Å². The van der Waals surface area contributed by atoms with Crippen molar-refractivity contribution in [2.45, 2.75) is 87.8 Å². The topological polar surface area (TPSA) is 87.1 Å². The van der Waals surface area contributed by atoms with E-state index in [1.807, 2.05) is 0 Å². The van der Waals surface area contributed by atoms with Gasteiger partial charge in [-0.05, 0) is 82.0 Å². The van der Waals surface area contributed by atoms with Crippen LogP contribution < -0.4 is 10.6 Å². The van der Waals surface area contributed by atoms with Crippen molar-refractivity contribution in [2.24, 2.45) is 17.8 Å². The minimum absolute atomic E-state index is 0.0124. The molecule has 6 aliphatic carbocycles. The van der Waals surface area contributed by atoms with E-state index in [4.69, 9.17) is 4.98 Å². The number of anilines is 1. The smallest absolute Gasteiger partial charge is 0.254 e. The number of amides is 1. The first-order valence-corrected chi connectivity index (χ1v) is 11.2. The van der Waals surface area contributed by atoms with Crippen LogP contribution >= 0.6 is 0 Å². The number of hydrogen-bond acceptors (Lipinski definition) is 5. The lowest BCUT2D eigenvalue weighted by atomic mass is 9.52. The third-order valence-corrected chi connectivity index (χ3v) is 8.00. The summed E-state index contributed by atoms with van der Waals surface area (Å²) in [5.74, 6) is 2.57. The molecule has 6 nitrogen and oxygen atoms in total. The lowest BCUT2D eigenvalue weighted by molar-refractivity contribution is -0.136. The van der Waals surface area contributed by atoms with Gasteiger partial charge < -0.3 is 15.7 Å². The molecule has 1 aromatic heterocycles. The number of carbonyl (C=O) groups is 1. The normalized spacial score (nSPS) is 38.9. The van der Waals surface area contributed by atoms with Crippen LogP contribution in [0.5, 0.6) is 0 Å². The highest BCUT2D eigenvalue weighted by atomic mass is 16.3. The van der Waals surface area contributed by atoms with E-state index >= 15 is 0 Å². The van der Waals surface area contributed by atoms with Crippen molar-refractivity contribution in [1.82, 2.24) is 15.3 Å². The molecule has 6 aliphatic rings. The molecule has 7 rings (SSSR count). The van der Waals surface area contributed by atoms with Crippen LogP contribution in [-0.2, 0) is 0 Å². The molecule has 1 heterocycles. The van der Waals surface area contributed by atoms with Gasteiger partial charge in [0.15, 0.2) is 0 Å². The number of nitrogens with one attached hydrogen (secondary N) is 2. The Hall–Kier alpha value is -1.69. The molecule has 28 heavy (non-hydrogen) atoms. The standard InChI is InChI=1S/C22H30N4O2/c27-20(25-18-14-6-12-7-15(18)10-22(28,8-12)9-14)17-11-23-21(24-16-2-1-3-16)26-19(17)13-4-5-13/h11-16,18,28H,1-10H2,(H,25,27)(H,23,24,26)/t12?,14?,15?,18-,22+. The number of carbonyl (C=O) groups excluding carboxylic acids is 1. The summed E-state index contributed by atoms with van der Waals surface area (Å²) in [4.78, 5) is 22.4. The zero-order valence-electron chi connectivity index (χ0n) is 16.4. The Labute approximate surface area is 165 Å². The summed E-state index contributed by atoms with van der Waals surface area (Å²) in [7, 11) is 0. The van der Waals surface area contributed by atoms with Gasteiger partial charge in [-0.2, -0.15) is 0 Å². The molecule has 150 valence electrons. The van der Waals surface area contributed by atoms with Gasteiger partial charge in [-0.25, -0.2) is 9.97 Å². The van der Waals surface area contributed by atoms with Crippen LogP contribution in [0, 0.1) is 17.8 Å². The molecule has 6 fully saturated rings. The number of aliphatic hydroxyl groups is 1.